The van der Waals surface area contributed by atoms with E-state index >= 15 is 0 Å². The van der Waals surface area contributed by atoms with Crippen molar-refractivity contribution < 1.29 is 19.4 Å². The summed E-state index contributed by atoms with van der Waals surface area (Å²) in [5.41, 5.74) is 0. The number of carbonyl (C=O) groups excluding carboxylic acids is 1. The molecular formula is C11H18O4. The molecule has 0 rings (SSSR count). The third kappa shape index (κ3) is 5.88. The Morgan fingerprint density at radius 3 is 2.53 bits per heavy atom. The lowest BCUT2D eigenvalue weighted by Gasteiger charge is -2.09. The molecule has 0 fully saturated rings. The van der Waals surface area contributed by atoms with Crippen LogP contribution in [0.4, 0.5) is 0 Å². The van der Waals surface area contributed by atoms with Crippen molar-refractivity contribution in [1.29, 1.82) is 0 Å². The molecule has 86 valence electrons. The first-order chi connectivity index (χ1) is 7.13. The number of rotatable bonds is 8. The van der Waals surface area contributed by atoms with E-state index < -0.39 is 17.9 Å². The molecule has 4 heteroatoms. The van der Waals surface area contributed by atoms with Crippen LogP contribution in [0.25, 0.3) is 0 Å². The van der Waals surface area contributed by atoms with E-state index in [0.717, 1.165) is 25.7 Å². The summed E-state index contributed by atoms with van der Waals surface area (Å²) >= 11 is 0. The number of aliphatic carboxylic acids is 1. The summed E-state index contributed by atoms with van der Waals surface area (Å²) in [7, 11) is 1.20. The number of hydrogen-bond acceptors (Lipinski definition) is 3. The predicted molar refractivity (Wildman–Crippen MR) is 56.4 cm³/mol. The second-order valence-electron chi connectivity index (χ2n) is 3.34. The van der Waals surface area contributed by atoms with Gasteiger partial charge in [-0.1, -0.05) is 18.9 Å². The van der Waals surface area contributed by atoms with Crippen LogP contribution in [0.15, 0.2) is 12.7 Å². The molecule has 0 aliphatic carbocycles. The minimum atomic E-state index is -1.11. The van der Waals surface area contributed by atoms with Gasteiger partial charge in [0.1, 0.15) is 0 Å². The number of allylic oxidation sites excluding steroid dienone is 1. The average molecular weight is 214 g/mol. The quantitative estimate of drug-likeness (QED) is 0.290. The second-order valence-corrected chi connectivity index (χ2v) is 3.34. The highest BCUT2D eigenvalue weighted by atomic mass is 16.5. The van der Waals surface area contributed by atoms with Gasteiger partial charge in [-0.05, 0) is 19.3 Å². The van der Waals surface area contributed by atoms with Crippen LogP contribution in [-0.4, -0.2) is 24.2 Å². The molecule has 0 aromatic carbocycles. The Bertz CT molecular complexity index is 223. The fourth-order valence-electron chi connectivity index (χ4n) is 1.30. The smallest absolute Gasteiger partial charge is 0.320 e. The van der Waals surface area contributed by atoms with E-state index in [2.05, 4.69) is 11.3 Å². The summed E-state index contributed by atoms with van der Waals surface area (Å²) < 4.78 is 4.42. The number of hydrogen-bond donors (Lipinski definition) is 1. The van der Waals surface area contributed by atoms with Crippen molar-refractivity contribution in [3.8, 4) is 0 Å². The lowest BCUT2D eigenvalue weighted by molar-refractivity contribution is -0.157. The summed E-state index contributed by atoms with van der Waals surface area (Å²) in [4.78, 5) is 21.8. The number of carboxylic acid groups (broad SMARTS) is 1. The van der Waals surface area contributed by atoms with Crippen molar-refractivity contribution in [2.75, 3.05) is 7.11 Å². The largest absolute Gasteiger partial charge is 0.481 e. The van der Waals surface area contributed by atoms with Gasteiger partial charge in [0.25, 0.3) is 0 Å². The molecule has 0 bridgehead atoms. The molecule has 0 aliphatic rings. The highest BCUT2D eigenvalue weighted by molar-refractivity contribution is 5.93. The number of methoxy groups -OCH3 is 1. The van der Waals surface area contributed by atoms with Gasteiger partial charge in [-0.2, -0.15) is 0 Å². The molecule has 0 aliphatic heterocycles. The van der Waals surface area contributed by atoms with Crippen LogP contribution in [-0.2, 0) is 14.3 Å². The number of unbranched alkanes of at least 4 members (excludes halogenated alkanes) is 3. The molecular weight excluding hydrogens is 196 g/mol. The van der Waals surface area contributed by atoms with Gasteiger partial charge in [0, 0.05) is 0 Å². The molecule has 0 saturated heterocycles. The average Bonchev–Trinajstić information content (AvgIpc) is 2.22. The van der Waals surface area contributed by atoms with E-state index in [9.17, 15) is 9.59 Å². The van der Waals surface area contributed by atoms with Crippen molar-refractivity contribution in [2.45, 2.75) is 32.1 Å². The van der Waals surface area contributed by atoms with Gasteiger partial charge in [0.05, 0.1) is 7.11 Å². The van der Waals surface area contributed by atoms with Crippen molar-refractivity contribution in [2.24, 2.45) is 5.92 Å². The lowest BCUT2D eigenvalue weighted by atomic mass is 10.0. The van der Waals surface area contributed by atoms with Gasteiger partial charge in [-0.15, -0.1) is 6.58 Å². The third-order valence-electron chi connectivity index (χ3n) is 2.18. The number of esters is 1. The van der Waals surface area contributed by atoms with Crippen molar-refractivity contribution >= 4 is 11.9 Å². The van der Waals surface area contributed by atoms with Crippen LogP contribution >= 0.6 is 0 Å². The Morgan fingerprint density at radius 1 is 1.40 bits per heavy atom. The summed E-state index contributed by atoms with van der Waals surface area (Å²) in [5, 5.41) is 8.76. The standard InChI is InChI=1S/C11H18O4/c1-3-4-5-6-7-8-9(10(12)13)11(14)15-2/h3,9H,1,4-8H2,2H3,(H,12,13). The Balaban J connectivity index is 3.82. The molecule has 0 saturated carbocycles. The normalized spacial score (nSPS) is 11.8. The maximum atomic E-state index is 11.1. The first-order valence-electron chi connectivity index (χ1n) is 5.05. The van der Waals surface area contributed by atoms with E-state index in [4.69, 9.17) is 5.11 Å². The first-order valence-corrected chi connectivity index (χ1v) is 5.05. The zero-order valence-electron chi connectivity index (χ0n) is 9.07. The summed E-state index contributed by atoms with van der Waals surface area (Å²) in [6.45, 7) is 3.59. The number of carboxylic acids is 1. The molecule has 0 heterocycles. The molecule has 0 spiro atoms. The fourth-order valence-corrected chi connectivity index (χ4v) is 1.30. The van der Waals surface area contributed by atoms with Crippen LogP contribution in [0.1, 0.15) is 32.1 Å². The molecule has 0 amide bonds. The topological polar surface area (TPSA) is 63.6 Å². The maximum absolute atomic E-state index is 11.1. The van der Waals surface area contributed by atoms with Crippen LogP contribution in [0.5, 0.6) is 0 Å². The molecule has 0 aromatic heterocycles. The first kappa shape index (κ1) is 13.7. The minimum absolute atomic E-state index is 0.346. The van der Waals surface area contributed by atoms with Gasteiger partial charge >= 0.3 is 11.9 Å². The van der Waals surface area contributed by atoms with Gasteiger partial charge in [0.2, 0.25) is 0 Å². The molecule has 1 atom stereocenters. The maximum Gasteiger partial charge on any atom is 0.320 e. The summed E-state index contributed by atoms with van der Waals surface area (Å²) in [6.07, 6.45) is 5.72. The molecule has 1 N–H and O–H groups in total. The van der Waals surface area contributed by atoms with Crippen LogP contribution in [0.3, 0.4) is 0 Å². The lowest BCUT2D eigenvalue weighted by Crippen LogP contribution is -2.24. The van der Waals surface area contributed by atoms with E-state index in [0.29, 0.717) is 6.42 Å². The van der Waals surface area contributed by atoms with E-state index in [-0.39, 0.29) is 0 Å². The Kier molecular flexibility index (Phi) is 7.32. The van der Waals surface area contributed by atoms with E-state index in [1.807, 2.05) is 6.08 Å². The predicted octanol–water partition coefficient (Wildman–Crippen LogP) is 2.00. The highest BCUT2D eigenvalue weighted by Crippen LogP contribution is 2.12. The van der Waals surface area contributed by atoms with Crippen LogP contribution < -0.4 is 0 Å². The summed E-state index contributed by atoms with van der Waals surface area (Å²) in [5.74, 6) is -2.78. The second kappa shape index (κ2) is 8.03. The van der Waals surface area contributed by atoms with Crippen molar-refractivity contribution in [3.63, 3.8) is 0 Å². The monoisotopic (exact) mass is 214 g/mol. The molecule has 15 heavy (non-hydrogen) atoms. The number of ether oxygens (including phenoxy) is 1. The van der Waals surface area contributed by atoms with Crippen LogP contribution in [0.2, 0.25) is 0 Å². The van der Waals surface area contributed by atoms with Gasteiger partial charge < -0.3 is 9.84 Å². The Morgan fingerprint density at radius 2 is 2.07 bits per heavy atom. The third-order valence-corrected chi connectivity index (χ3v) is 2.18. The van der Waals surface area contributed by atoms with Crippen LogP contribution in [0, 0.1) is 5.92 Å². The zero-order valence-corrected chi connectivity index (χ0v) is 9.07. The van der Waals surface area contributed by atoms with Gasteiger partial charge in [-0.3, -0.25) is 9.59 Å². The molecule has 0 radical (unpaired) electrons. The fraction of sp³-hybridized carbons (Fsp3) is 0.636. The Hall–Kier alpha value is -1.32. The highest BCUT2D eigenvalue weighted by Gasteiger charge is 2.26. The van der Waals surface area contributed by atoms with Gasteiger partial charge in [0.15, 0.2) is 5.92 Å². The minimum Gasteiger partial charge on any atom is -0.481 e. The zero-order chi connectivity index (χ0) is 11.7. The number of carbonyl (C=O) groups is 2. The summed E-state index contributed by atoms with van der Waals surface area (Å²) in [6, 6.07) is 0. The molecule has 4 nitrogen and oxygen atoms in total. The van der Waals surface area contributed by atoms with E-state index in [1.165, 1.54) is 7.11 Å². The Labute approximate surface area is 89.9 Å². The van der Waals surface area contributed by atoms with Gasteiger partial charge in [-0.25, -0.2) is 0 Å². The molecule has 1 unspecified atom stereocenters. The SMILES string of the molecule is C=CCCCCCC(C(=O)O)C(=O)OC. The van der Waals surface area contributed by atoms with E-state index in [1.54, 1.807) is 0 Å². The van der Waals surface area contributed by atoms with Crippen molar-refractivity contribution in [3.05, 3.63) is 12.7 Å². The van der Waals surface area contributed by atoms with Crippen molar-refractivity contribution in [1.82, 2.24) is 0 Å². The molecule has 0 aromatic rings.